The second kappa shape index (κ2) is 6.79. The molecule has 3 atom stereocenters. The molecule has 0 spiro atoms. The molecule has 20 heavy (non-hydrogen) atoms. The third-order valence-electron chi connectivity index (χ3n) is 6.59. The second-order valence-corrected chi connectivity index (χ2v) is 7.69. The van der Waals surface area contributed by atoms with Crippen molar-refractivity contribution < 1.29 is 5.11 Å². The smallest absolute Gasteiger partial charge is 0.0695 e. The lowest BCUT2D eigenvalue weighted by Crippen LogP contribution is -2.52. The quantitative estimate of drug-likeness (QED) is 0.839. The van der Waals surface area contributed by atoms with Gasteiger partial charge in [-0.15, -0.1) is 0 Å². The lowest BCUT2D eigenvalue weighted by Gasteiger charge is -2.47. The Balaban J connectivity index is 1.94. The molecule has 2 aliphatic rings. The van der Waals surface area contributed by atoms with E-state index in [2.05, 4.69) is 32.6 Å². The first kappa shape index (κ1) is 16.3. The zero-order valence-electron chi connectivity index (χ0n) is 14.1. The summed E-state index contributed by atoms with van der Waals surface area (Å²) in [4.78, 5) is 2.61. The lowest BCUT2D eigenvalue weighted by molar-refractivity contribution is -0.0314. The van der Waals surface area contributed by atoms with Crippen LogP contribution in [0.5, 0.6) is 0 Å². The van der Waals surface area contributed by atoms with Crippen molar-refractivity contribution in [3.8, 4) is 0 Å². The van der Waals surface area contributed by atoms with E-state index in [4.69, 9.17) is 0 Å². The average Bonchev–Trinajstić information content (AvgIpc) is 2.48. The Kier molecular flexibility index (Phi) is 5.53. The van der Waals surface area contributed by atoms with Crippen LogP contribution in [0.25, 0.3) is 0 Å². The van der Waals surface area contributed by atoms with Gasteiger partial charge in [-0.2, -0.15) is 0 Å². The molecule has 1 aliphatic heterocycles. The molecule has 1 aliphatic carbocycles. The van der Waals surface area contributed by atoms with Crippen molar-refractivity contribution in [2.45, 2.75) is 84.8 Å². The predicted octanol–water partition coefficient (Wildman–Crippen LogP) is 4.07. The summed E-state index contributed by atoms with van der Waals surface area (Å²) >= 11 is 0. The number of hydrogen-bond acceptors (Lipinski definition) is 2. The van der Waals surface area contributed by atoms with Crippen LogP contribution < -0.4 is 0 Å². The van der Waals surface area contributed by atoms with Gasteiger partial charge >= 0.3 is 0 Å². The van der Waals surface area contributed by atoms with Gasteiger partial charge in [0.1, 0.15) is 0 Å². The van der Waals surface area contributed by atoms with Gasteiger partial charge in [-0.25, -0.2) is 0 Å². The van der Waals surface area contributed by atoms with Crippen LogP contribution in [0.3, 0.4) is 0 Å². The molecule has 0 bridgehead atoms. The molecule has 2 rings (SSSR count). The molecule has 0 amide bonds. The number of rotatable bonds is 4. The van der Waals surface area contributed by atoms with Gasteiger partial charge < -0.3 is 5.11 Å². The maximum absolute atomic E-state index is 10.4. The third kappa shape index (κ3) is 3.39. The first-order chi connectivity index (χ1) is 9.51. The maximum Gasteiger partial charge on any atom is 0.0695 e. The van der Waals surface area contributed by atoms with Crippen molar-refractivity contribution in [1.82, 2.24) is 4.90 Å². The highest BCUT2D eigenvalue weighted by Crippen LogP contribution is 2.40. The molecular weight excluding hydrogens is 246 g/mol. The van der Waals surface area contributed by atoms with E-state index in [-0.39, 0.29) is 6.10 Å². The highest BCUT2D eigenvalue weighted by Gasteiger charge is 2.38. The van der Waals surface area contributed by atoms with E-state index >= 15 is 0 Å². The van der Waals surface area contributed by atoms with Gasteiger partial charge in [0.05, 0.1) is 6.10 Å². The molecule has 0 aromatic heterocycles. The number of piperidine rings is 1. The molecule has 1 saturated carbocycles. The fourth-order valence-electron chi connectivity index (χ4n) is 4.45. The number of nitrogens with zero attached hydrogens (tertiary/aromatic N) is 1. The van der Waals surface area contributed by atoms with Crippen molar-refractivity contribution in [2.24, 2.45) is 17.3 Å². The Hall–Kier alpha value is -0.0800. The molecule has 3 unspecified atom stereocenters. The lowest BCUT2D eigenvalue weighted by atomic mass is 9.72. The summed E-state index contributed by atoms with van der Waals surface area (Å²) in [5, 5.41) is 10.4. The van der Waals surface area contributed by atoms with Crippen LogP contribution in [0, 0.1) is 17.3 Å². The Morgan fingerprint density at radius 2 is 1.70 bits per heavy atom. The van der Waals surface area contributed by atoms with Gasteiger partial charge in [-0.1, -0.05) is 40.5 Å². The van der Waals surface area contributed by atoms with Gasteiger partial charge in [-0.3, -0.25) is 4.90 Å². The Morgan fingerprint density at radius 1 is 1.10 bits per heavy atom. The zero-order chi connectivity index (χ0) is 14.8. The van der Waals surface area contributed by atoms with Crippen molar-refractivity contribution >= 4 is 0 Å². The zero-order valence-corrected chi connectivity index (χ0v) is 14.1. The van der Waals surface area contributed by atoms with Crippen LogP contribution >= 0.6 is 0 Å². The van der Waals surface area contributed by atoms with E-state index in [9.17, 15) is 5.11 Å². The number of aliphatic hydroxyl groups is 1. The number of hydrogen-bond donors (Lipinski definition) is 1. The monoisotopic (exact) mass is 281 g/mol. The summed E-state index contributed by atoms with van der Waals surface area (Å²) < 4.78 is 0. The summed E-state index contributed by atoms with van der Waals surface area (Å²) in [5.74, 6) is 1.58. The summed E-state index contributed by atoms with van der Waals surface area (Å²) in [7, 11) is 0. The van der Waals surface area contributed by atoms with Crippen molar-refractivity contribution in [2.75, 3.05) is 13.1 Å². The molecule has 1 heterocycles. The van der Waals surface area contributed by atoms with E-state index in [0.29, 0.717) is 11.5 Å². The second-order valence-electron chi connectivity index (χ2n) is 7.69. The van der Waals surface area contributed by atoms with Crippen LogP contribution in [0.4, 0.5) is 0 Å². The molecular formula is C18H35NO. The van der Waals surface area contributed by atoms with Crippen LogP contribution in [-0.2, 0) is 0 Å². The summed E-state index contributed by atoms with van der Waals surface area (Å²) in [6, 6.07) is 0.433. The number of likely N-dealkylation sites (tertiary alicyclic amines) is 1. The summed E-state index contributed by atoms with van der Waals surface area (Å²) in [5.41, 5.74) is 0.591. The normalized spacial score (nSPS) is 35.4. The van der Waals surface area contributed by atoms with Gasteiger partial charge in [0.2, 0.25) is 0 Å². The van der Waals surface area contributed by atoms with Crippen LogP contribution in [0.1, 0.15) is 72.6 Å². The van der Waals surface area contributed by atoms with Crippen molar-refractivity contribution in [3.05, 3.63) is 0 Å². The SMILES string of the molecule is CCC1(CC)CCN(C2CC(C(C)C)CCC2O)CC1. The Bertz CT molecular complexity index is 288. The standard InChI is InChI=1S/C18H35NO/c1-5-18(6-2)9-11-19(12-10-18)16-13-15(14(3)4)7-8-17(16)20/h14-17,20H,5-13H2,1-4H3. The van der Waals surface area contributed by atoms with E-state index in [0.717, 1.165) is 18.3 Å². The summed E-state index contributed by atoms with van der Waals surface area (Å²) in [6.07, 6.45) is 8.65. The van der Waals surface area contributed by atoms with E-state index in [1.807, 2.05) is 0 Å². The molecule has 2 fully saturated rings. The van der Waals surface area contributed by atoms with E-state index in [1.54, 1.807) is 0 Å². The summed E-state index contributed by atoms with van der Waals surface area (Å²) in [6.45, 7) is 11.8. The largest absolute Gasteiger partial charge is 0.391 e. The molecule has 2 heteroatoms. The minimum absolute atomic E-state index is 0.0826. The van der Waals surface area contributed by atoms with Gasteiger partial charge in [0.25, 0.3) is 0 Å². The molecule has 2 nitrogen and oxygen atoms in total. The number of aliphatic hydroxyl groups excluding tert-OH is 1. The van der Waals surface area contributed by atoms with Gasteiger partial charge in [-0.05, 0) is 62.4 Å². The fourth-order valence-corrected chi connectivity index (χ4v) is 4.45. The highest BCUT2D eigenvalue weighted by molar-refractivity contribution is 4.92. The van der Waals surface area contributed by atoms with E-state index < -0.39 is 0 Å². The highest BCUT2D eigenvalue weighted by atomic mass is 16.3. The topological polar surface area (TPSA) is 23.5 Å². The average molecular weight is 281 g/mol. The maximum atomic E-state index is 10.4. The molecule has 0 aromatic rings. The Labute approximate surface area is 125 Å². The molecule has 1 N–H and O–H groups in total. The van der Waals surface area contributed by atoms with Crippen LogP contribution in [0.15, 0.2) is 0 Å². The first-order valence-corrected chi connectivity index (χ1v) is 8.93. The Morgan fingerprint density at radius 3 is 2.20 bits per heavy atom. The minimum Gasteiger partial charge on any atom is -0.391 e. The van der Waals surface area contributed by atoms with Gasteiger partial charge in [0, 0.05) is 6.04 Å². The third-order valence-corrected chi connectivity index (χ3v) is 6.59. The fraction of sp³-hybridized carbons (Fsp3) is 1.00. The van der Waals surface area contributed by atoms with Crippen molar-refractivity contribution in [1.29, 1.82) is 0 Å². The molecule has 0 radical (unpaired) electrons. The molecule has 118 valence electrons. The van der Waals surface area contributed by atoms with Crippen molar-refractivity contribution in [3.63, 3.8) is 0 Å². The predicted molar refractivity (Wildman–Crippen MR) is 85.8 cm³/mol. The first-order valence-electron chi connectivity index (χ1n) is 8.93. The van der Waals surface area contributed by atoms with Crippen LogP contribution in [0.2, 0.25) is 0 Å². The van der Waals surface area contributed by atoms with Crippen LogP contribution in [-0.4, -0.2) is 35.2 Å². The minimum atomic E-state index is -0.0826. The van der Waals surface area contributed by atoms with Gasteiger partial charge in [0.15, 0.2) is 0 Å². The molecule has 1 saturated heterocycles. The molecule has 0 aromatic carbocycles. The van der Waals surface area contributed by atoms with E-state index in [1.165, 1.54) is 51.6 Å².